The van der Waals surface area contributed by atoms with E-state index in [1.165, 1.54) is 11.5 Å². The molecule has 0 aliphatic carbocycles. The van der Waals surface area contributed by atoms with E-state index in [4.69, 9.17) is 5.73 Å². The molecule has 172 valence electrons. The Labute approximate surface area is 183 Å². The standard InChI is InChI=1S/C22H26F2N4O4/c1-10(29)27-8-4-5-11(9-27)26-18-15(23)17(25)14-19(16(18)24)28-12(6-7-22(28,2)3)13(20(14)30)21(31)32/h11,26H,4-9,25H2,1-3H3,(H,31,32)/t11-/m0/s1. The Morgan fingerprint density at radius 3 is 2.56 bits per heavy atom. The van der Waals surface area contributed by atoms with Gasteiger partial charge >= 0.3 is 5.97 Å². The summed E-state index contributed by atoms with van der Waals surface area (Å²) < 4.78 is 32.6. The summed E-state index contributed by atoms with van der Waals surface area (Å²) >= 11 is 0. The summed E-state index contributed by atoms with van der Waals surface area (Å²) in [5, 5.41) is 12.0. The molecule has 4 rings (SSSR count). The molecule has 0 bridgehead atoms. The zero-order valence-corrected chi connectivity index (χ0v) is 18.2. The van der Waals surface area contributed by atoms with Gasteiger partial charge in [0.2, 0.25) is 11.3 Å². The second kappa shape index (κ2) is 7.46. The first-order chi connectivity index (χ1) is 15.0. The van der Waals surface area contributed by atoms with E-state index in [1.54, 1.807) is 18.7 Å². The molecule has 1 aromatic carbocycles. The molecule has 1 fully saturated rings. The number of pyridine rings is 1. The molecule has 1 amide bonds. The topological polar surface area (TPSA) is 118 Å². The van der Waals surface area contributed by atoms with Crippen LogP contribution in [-0.4, -0.2) is 45.6 Å². The number of nitrogens with zero attached hydrogens (tertiary/aromatic N) is 2. The molecule has 1 saturated heterocycles. The number of aromatic nitrogens is 1. The minimum Gasteiger partial charge on any atom is -0.477 e. The van der Waals surface area contributed by atoms with Crippen LogP contribution in [0.2, 0.25) is 0 Å². The van der Waals surface area contributed by atoms with Crippen molar-refractivity contribution < 1.29 is 23.5 Å². The molecule has 0 radical (unpaired) electrons. The lowest BCUT2D eigenvalue weighted by Gasteiger charge is -2.33. The van der Waals surface area contributed by atoms with Gasteiger partial charge in [0.15, 0.2) is 11.6 Å². The third kappa shape index (κ3) is 3.20. The first-order valence-electron chi connectivity index (χ1n) is 10.6. The summed E-state index contributed by atoms with van der Waals surface area (Å²) in [7, 11) is 0. The number of carbonyl (C=O) groups excluding carboxylic acids is 1. The average molecular weight is 448 g/mol. The lowest BCUT2D eigenvalue weighted by atomic mass is 10.0. The van der Waals surface area contributed by atoms with Gasteiger partial charge in [-0.15, -0.1) is 0 Å². The summed E-state index contributed by atoms with van der Waals surface area (Å²) in [4.78, 5) is 38.2. The lowest BCUT2D eigenvalue weighted by molar-refractivity contribution is -0.129. The first-order valence-corrected chi connectivity index (χ1v) is 10.6. The number of likely N-dealkylation sites (tertiary alicyclic amines) is 1. The van der Waals surface area contributed by atoms with Gasteiger partial charge in [0, 0.05) is 37.3 Å². The quantitative estimate of drug-likeness (QED) is 0.622. The molecule has 3 heterocycles. The van der Waals surface area contributed by atoms with Crippen LogP contribution in [0, 0.1) is 11.6 Å². The zero-order valence-electron chi connectivity index (χ0n) is 18.2. The van der Waals surface area contributed by atoms with Crippen molar-refractivity contribution in [3.05, 3.63) is 33.1 Å². The third-order valence-corrected chi connectivity index (χ3v) is 6.63. The number of carbonyl (C=O) groups is 2. The Morgan fingerprint density at radius 2 is 1.94 bits per heavy atom. The highest BCUT2D eigenvalue weighted by molar-refractivity contribution is 6.01. The number of benzene rings is 1. The van der Waals surface area contributed by atoms with Crippen molar-refractivity contribution in [1.82, 2.24) is 9.47 Å². The number of hydrogen-bond donors (Lipinski definition) is 3. The van der Waals surface area contributed by atoms with Crippen LogP contribution in [0.3, 0.4) is 0 Å². The highest BCUT2D eigenvalue weighted by Gasteiger charge is 2.38. The molecule has 10 heteroatoms. The van der Waals surface area contributed by atoms with Gasteiger partial charge in [0.05, 0.1) is 16.6 Å². The summed E-state index contributed by atoms with van der Waals surface area (Å²) in [5.41, 5.74) is 2.73. The van der Waals surface area contributed by atoms with E-state index >= 15 is 8.78 Å². The predicted octanol–water partition coefficient (Wildman–Crippen LogP) is 2.66. The van der Waals surface area contributed by atoms with E-state index in [0.29, 0.717) is 25.8 Å². The molecule has 1 atom stereocenters. The van der Waals surface area contributed by atoms with Crippen LogP contribution in [-0.2, 0) is 16.8 Å². The van der Waals surface area contributed by atoms with Gasteiger partial charge in [0.1, 0.15) is 11.3 Å². The highest BCUT2D eigenvalue weighted by atomic mass is 19.1. The van der Waals surface area contributed by atoms with E-state index in [-0.39, 0.29) is 30.1 Å². The first kappa shape index (κ1) is 22.0. The fourth-order valence-corrected chi connectivity index (χ4v) is 5.01. The molecule has 4 N–H and O–H groups in total. The molecule has 1 aromatic heterocycles. The number of piperidine rings is 1. The van der Waals surface area contributed by atoms with Crippen molar-refractivity contribution in [2.75, 3.05) is 24.1 Å². The molecular formula is C22H26F2N4O4. The zero-order chi connectivity index (χ0) is 23.5. The number of halogens is 2. The summed E-state index contributed by atoms with van der Waals surface area (Å²) in [5.74, 6) is -3.70. The number of carboxylic acids is 1. The number of fused-ring (bicyclic) bond motifs is 3. The van der Waals surface area contributed by atoms with Gasteiger partial charge in [-0.05, 0) is 39.5 Å². The molecule has 2 aliphatic rings. The summed E-state index contributed by atoms with van der Waals surface area (Å²) in [6.07, 6.45) is 2.03. The monoisotopic (exact) mass is 448 g/mol. The number of nitrogens with two attached hydrogens (primary N) is 1. The fourth-order valence-electron chi connectivity index (χ4n) is 5.01. The van der Waals surface area contributed by atoms with E-state index in [0.717, 1.165) is 0 Å². The number of anilines is 2. The highest BCUT2D eigenvalue weighted by Crippen LogP contribution is 2.41. The molecule has 32 heavy (non-hydrogen) atoms. The van der Waals surface area contributed by atoms with Crippen molar-refractivity contribution >= 4 is 34.2 Å². The van der Waals surface area contributed by atoms with Crippen molar-refractivity contribution in [1.29, 1.82) is 0 Å². The van der Waals surface area contributed by atoms with Gasteiger partial charge in [0.25, 0.3) is 0 Å². The second-order valence-corrected chi connectivity index (χ2v) is 9.19. The van der Waals surface area contributed by atoms with Crippen molar-refractivity contribution in [2.45, 2.75) is 58.0 Å². The number of rotatable bonds is 3. The van der Waals surface area contributed by atoms with Gasteiger partial charge in [-0.2, -0.15) is 0 Å². The molecule has 0 spiro atoms. The van der Waals surface area contributed by atoms with Crippen LogP contribution >= 0.6 is 0 Å². The van der Waals surface area contributed by atoms with E-state index < -0.39 is 56.9 Å². The lowest BCUT2D eigenvalue weighted by Crippen LogP contribution is -2.44. The van der Waals surface area contributed by atoms with E-state index in [2.05, 4.69) is 5.32 Å². The largest absolute Gasteiger partial charge is 0.477 e. The maximum atomic E-state index is 15.9. The maximum absolute atomic E-state index is 15.9. The van der Waals surface area contributed by atoms with Crippen LogP contribution in [0.25, 0.3) is 10.9 Å². The fraction of sp³-hybridized carbons (Fsp3) is 0.500. The summed E-state index contributed by atoms with van der Waals surface area (Å²) in [6.45, 7) is 5.91. The molecule has 0 unspecified atom stereocenters. The predicted molar refractivity (Wildman–Crippen MR) is 116 cm³/mol. The van der Waals surface area contributed by atoms with Crippen molar-refractivity contribution in [3.8, 4) is 0 Å². The van der Waals surface area contributed by atoms with Gasteiger partial charge in [-0.1, -0.05) is 0 Å². The Morgan fingerprint density at radius 1 is 1.25 bits per heavy atom. The number of nitrogen functional groups attached to an aromatic ring is 1. The molecular weight excluding hydrogens is 422 g/mol. The minimum absolute atomic E-state index is 0.122. The van der Waals surface area contributed by atoms with E-state index in [1.807, 2.05) is 0 Å². The number of carboxylic acid groups (broad SMARTS) is 1. The number of aromatic carboxylic acids is 1. The average Bonchev–Trinajstić information content (AvgIpc) is 3.03. The smallest absolute Gasteiger partial charge is 0.341 e. The SMILES string of the molecule is CC(=O)N1CCC[C@H](Nc2c(F)c(N)c3c(=O)c(C(=O)O)c4n(c3c2F)C(C)(C)CC4)C1. The third-order valence-electron chi connectivity index (χ3n) is 6.63. The minimum atomic E-state index is -1.45. The van der Waals surface area contributed by atoms with Gasteiger partial charge in [-0.25, -0.2) is 13.6 Å². The van der Waals surface area contributed by atoms with E-state index in [9.17, 15) is 19.5 Å². The number of hydrogen-bond acceptors (Lipinski definition) is 5. The normalized spacial score (nSPS) is 19.8. The molecule has 2 aliphatic heterocycles. The Kier molecular flexibility index (Phi) is 5.14. The van der Waals surface area contributed by atoms with Crippen LogP contribution in [0.15, 0.2) is 4.79 Å². The Balaban J connectivity index is 1.97. The molecule has 8 nitrogen and oxygen atoms in total. The van der Waals surface area contributed by atoms with Gasteiger partial charge in [-0.3, -0.25) is 9.59 Å². The van der Waals surface area contributed by atoms with Crippen molar-refractivity contribution in [2.24, 2.45) is 0 Å². The van der Waals surface area contributed by atoms with Crippen molar-refractivity contribution in [3.63, 3.8) is 0 Å². The number of amides is 1. The Hall–Kier alpha value is -3.17. The molecule has 0 saturated carbocycles. The van der Waals surface area contributed by atoms with Gasteiger partial charge < -0.3 is 25.6 Å². The molecule has 2 aromatic rings. The van der Waals surface area contributed by atoms with Crippen LogP contribution in [0.5, 0.6) is 0 Å². The summed E-state index contributed by atoms with van der Waals surface area (Å²) in [6, 6.07) is -0.399. The van der Waals surface area contributed by atoms with Crippen LogP contribution < -0.4 is 16.5 Å². The van der Waals surface area contributed by atoms with Crippen LogP contribution in [0.4, 0.5) is 20.2 Å². The second-order valence-electron chi connectivity index (χ2n) is 9.19. The number of nitrogens with one attached hydrogen (secondary N) is 1. The Bertz CT molecular complexity index is 1220. The van der Waals surface area contributed by atoms with Crippen LogP contribution in [0.1, 0.15) is 56.1 Å². The maximum Gasteiger partial charge on any atom is 0.341 e.